The number of carbonyl (C=O) groups is 1. The molecule has 0 spiro atoms. The topological polar surface area (TPSA) is 57.2 Å². The molecule has 7 heteroatoms. The van der Waals surface area contributed by atoms with E-state index in [9.17, 15) is 9.18 Å². The Balaban J connectivity index is 1.07. The van der Waals surface area contributed by atoms with Crippen molar-refractivity contribution in [2.45, 2.75) is 64.4 Å². The van der Waals surface area contributed by atoms with Crippen molar-refractivity contribution < 1.29 is 28.1 Å². The highest BCUT2D eigenvalue weighted by Gasteiger charge is 2.53. The zero-order chi connectivity index (χ0) is 28.1. The molecule has 0 amide bonds. The average molecular weight is 562 g/mol. The van der Waals surface area contributed by atoms with Crippen molar-refractivity contribution in [3.63, 3.8) is 0 Å². The van der Waals surface area contributed by atoms with E-state index in [4.69, 9.17) is 18.9 Å². The van der Waals surface area contributed by atoms with Gasteiger partial charge in [-0.2, -0.15) is 0 Å². The number of fused-ring (bicyclic) bond motifs is 3. The van der Waals surface area contributed by atoms with Crippen LogP contribution in [0, 0.1) is 29.0 Å². The fraction of sp³-hybridized carbons (Fsp3) is 0.559. The second-order valence-corrected chi connectivity index (χ2v) is 13.1. The number of halogens is 1. The molecule has 3 aliphatic heterocycles. The molecular formula is C34H40FNO5. The van der Waals surface area contributed by atoms with E-state index in [0.717, 1.165) is 56.0 Å². The van der Waals surface area contributed by atoms with Gasteiger partial charge in [-0.05, 0) is 93.2 Å². The highest BCUT2D eigenvalue weighted by molar-refractivity contribution is 5.76. The molecule has 0 bridgehead atoms. The monoisotopic (exact) mass is 561 g/mol. The van der Waals surface area contributed by atoms with Crippen LogP contribution >= 0.6 is 0 Å². The van der Waals surface area contributed by atoms with Gasteiger partial charge in [0.05, 0.1) is 12.5 Å². The van der Waals surface area contributed by atoms with Gasteiger partial charge in [-0.3, -0.25) is 4.79 Å². The van der Waals surface area contributed by atoms with Crippen molar-refractivity contribution in [1.29, 1.82) is 0 Å². The van der Waals surface area contributed by atoms with Crippen molar-refractivity contribution in [3.8, 4) is 17.2 Å². The Morgan fingerprint density at radius 2 is 1.95 bits per heavy atom. The van der Waals surface area contributed by atoms with Gasteiger partial charge >= 0.3 is 5.97 Å². The van der Waals surface area contributed by atoms with Crippen LogP contribution in [0.3, 0.4) is 0 Å². The minimum atomic E-state index is -0.222. The Morgan fingerprint density at radius 1 is 1.12 bits per heavy atom. The Labute approximate surface area is 241 Å². The van der Waals surface area contributed by atoms with Crippen molar-refractivity contribution >= 4 is 5.97 Å². The Morgan fingerprint density at radius 3 is 2.80 bits per heavy atom. The predicted molar refractivity (Wildman–Crippen MR) is 152 cm³/mol. The lowest BCUT2D eigenvalue weighted by Gasteiger charge is -2.46. The smallest absolute Gasteiger partial charge is 0.310 e. The molecule has 218 valence electrons. The summed E-state index contributed by atoms with van der Waals surface area (Å²) in [6.45, 7) is 7.85. The van der Waals surface area contributed by atoms with Crippen LogP contribution in [0.4, 0.5) is 4.39 Å². The lowest BCUT2D eigenvalue weighted by molar-refractivity contribution is -0.145. The first-order chi connectivity index (χ1) is 19.9. The average Bonchev–Trinajstić information content (AvgIpc) is 3.54. The third-order valence-electron chi connectivity index (χ3n) is 10.6. The highest BCUT2D eigenvalue weighted by atomic mass is 19.1. The third kappa shape index (κ3) is 5.11. The summed E-state index contributed by atoms with van der Waals surface area (Å²) < 4.78 is 37.1. The van der Waals surface area contributed by atoms with E-state index in [1.54, 1.807) is 17.7 Å². The molecule has 0 radical (unpaired) electrons. The van der Waals surface area contributed by atoms with Gasteiger partial charge in [0.1, 0.15) is 17.7 Å². The minimum absolute atomic E-state index is 0.0192. The number of hydrogen-bond donors (Lipinski definition) is 0. The van der Waals surface area contributed by atoms with Gasteiger partial charge in [0.15, 0.2) is 11.5 Å². The Kier molecular flexibility index (Phi) is 6.96. The van der Waals surface area contributed by atoms with E-state index in [1.807, 2.05) is 30.3 Å². The molecule has 3 heterocycles. The maximum Gasteiger partial charge on any atom is 0.310 e. The van der Waals surface area contributed by atoms with Gasteiger partial charge in [0.2, 0.25) is 6.79 Å². The molecule has 1 saturated carbocycles. The van der Waals surface area contributed by atoms with Crippen LogP contribution in [-0.2, 0) is 9.53 Å². The maximum atomic E-state index is 13.7. The first kappa shape index (κ1) is 26.8. The molecule has 2 aromatic rings. The van der Waals surface area contributed by atoms with Crippen LogP contribution in [0.5, 0.6) is 17.2 Å². The van der Waals surface area contributed by atoms with Crippen molar-refractivity contribution in [2.75, 3.05) is 33.0 Å². The van der Waals surface area contributed by atoms with E-state index in [1.165, 1.54) is 24.8 Å². The van der Waals surface area contributed by atoms with Crippen LogP contribution in [-0.4, -0.2) is 50.0 Å². The largest absolute Gasteiger partial charge is 0.493 e. The molecule has 0 aromatic heterocycles. The number of rotatable bonds is 6. The molecule has 3 fully saturated rings. The quantitative estimate of drug-likeness (QED) is 0.297. The van der Waals surface area contributed by atoms with Crippen LogP contribution in [0.25, 0.3) is 0 Å². The summed E-state index contributed by atoms with van der Waals surface area (Å²) >= 11 is 0. The number of likely N-dealkylation sites (tertiary alicyclic amines) is 1. The molecule has 2 aromatic carbocycles. The molecule has 2 saturated heterocycles. The fourth-order valence-electron chi connectivity index (χ4n) is 8.36. The zero-order valence-corrected chi connectivity index (χ0v) is 24.1. The van der Waals surface area contributed by atoms with Gasteiger partial charge in [0, 0.05) is 31.0 Å². The van der Waals surface area contributed by atoms with Gasteiger partial charge < -0.3 is 23.8 Å². The van der Waals surface area contributed by atoms with Gasteiger partial charge in [0.25, 0.3) is 0 Å². The molecule has 41 heavy (non-hydrogen) atoms. The third-order valence-corrected chi connectivity index (χ3v) is 10.6. The molecule has 3 unspecified atom stereocenters. The molecule has 5 aliphatic rings. The predicted octanol–water partition coefficient (Wildman–Crippen LogP) is 6.50. The SMILES string of the molecule is CC1=C2C[C@@H]3C(CN4CCC(c5ccc(F)cc5)C(COc5ccc6c(c5)OCO6)C4)C(=O)O[C@@H]3C[C@@]2(C)CCC1. The van der Waals surface area contributed by atoms with Crippen LogP contribution in [0.1, 0.15) is 63.9 Å². The normalized spacial score (nSPS) is 32.9. The van der Waals surface area contributed by atoms with Crippen LogP contribution < -0.4 is 14.2 Å². The van der Waals surface area contributed by atoms with Crippen LogP contribution in [0.2, 0.25) is 0 Å². The summed E-state index contributed by atoms with van der Waals surface area (Å²) in [5, 5.41) is 0. The Hall–Kier alpha value is -3.06. The number of ether oxygens (including phenoxy) is 4. The van der Waals surface area contributed by atoms with Crippen molar-refractivity contribution in [2.24, 2.45) is 23.2 Å². The molecule has 0 N–H and O–H groups in total. The second kappa shape index (κ2) is 10.6. The summed E-state index contributed by atoms with van der Waals surface area (Å²) in [6.07, 6.45) is 6.54. The van der Waals surface area contributed by atoms with E-state index in [0.29, 0.717) is 12.4 Å². The fourth-order valence-corrected chi connectivity index (χ4v) is 8.36. The lowest BCUT2D eigenvalue weighted by Crippen LogP contribution is -2.46. The van der Waals surface area contributed by atoms with Crippen molar-refractivity contribution in [1.82, 2.24) is 4.90 Å². The molecule has 7 rings (SSSR count). The molecule has 6 atom stereocenters. The number of allylic oxidation sites excluding steroid dienone is 2. The number of carbonyl (C=O) groups excluding carboxylic acids is 1. The zero-order valence-electron chi connectivity index (χ0n) is 24.1. The van der Waals surface area contributed by atoms with Gasteiger partial charge in [-0.15, -0.1) is 0 Å². The van der Waals surface area contributed by atoms with Crippen LogP contribution in [0.15, 0.2) is 53.6 Å². The number of benzene rings is 2. The number of hydrogen-bond acceptors (Lipinski definition) is 6. The molecule has 2 aliphatic carbocycles. The summed E-state index contributed by atoms with van der Waals surface area (Å²) in [4.78, 5) is 15.7. The van der Waals surface area contributed by atoms with E-state index in [-0.39, 0.29) is 53.8 Å². The lowest BCUT2D eigenvalue weighted by atomic mass is 9.59. The standard InChI is InChI=1S/C34H40FNO5/c1-21-4-3-12-34(2)16-32-27(15-29(21)34)28(33(37)41-32)18-36-13-11-26(22-5-7-24(35)8-6-22)23(17-36)19-38-25-9-10-30-31(14-25)40-20-39-30/h5-10,14,23,26-28,32H,3-4,11-13,15-20H2,1-2H3/t23?,26?,27-,28?,32-,34-/m1/s1. The van der Waals surface area contributed by atoms with Crippen molar-refractivity contribution in [3.05, 3.63) is 65.0 Å². The first-order valence-corrected chi connectivity index (χ1v) is 15.3. The number of nitrogens with zero attached hydrogens (tertiary/aromatic N) is 1. The summed E-state index contributed by atoms with van der Waals surface area (Å²) in [5.41, 5.74) is 4.45. The van der Waals surface area contributed by atoms with Gasteiger partial charge in [-0.1, -0.05) is 30.2 Å². The molecule has 6 nitrogen and oxygen atoms in total. The highest BCUT2D eigenvalue weighted by Crippen LogP contribution is 2.55. The first-order valence-electron chi connectivity index (χ1n) is 15.3. The Bertz CT molecular complexity index is 1340. The summed E-state index contributed by atoms with van der Waals surface area (Å²) in [5.74, 6) is 2.53. The van der Waals surface area contributed by atoms with E-state index < -0.39 is 0 Å². The number of piperidine rings is 1. The summed E-state index contributed by atoms with van der Waals surface area (Å²) in [6, 6.07) is 12.6. The number of esters is 1. The second-order valence-electron chi connectivity index (χ2n) is 13.1. The van der Waals surface area contributed by atoms with E-state index >= 15 is 0 Å². The minimum Gasteiger partial charge on any atom is -0.493 e. The maximum absolute atomic E-state index is 13.7. The summed E-state index contributed by atoms with van der Waals surface area (Å²) in [7, 11) is 0. The van der Waals surface area contributed by atoms with E-state index in [2.05, 4.69) is 18.7 Å². The van der Waals surface area contributed by atoms with Gasteiger partial charge in [-0.25, -0.2) is 4.39 Å². The molecular weight excluding hydrogens is 521 g/mol.